The summed E-state index contributed by atoms with van der Waals surface area (Å²) in [6.45, 7) is 5.83. The van der Waals surface area contributed by atoms with E-state index in [1.165, 1.54) is 0 Å². The van der Waals surface area contributed by atoms with Crippen molar-refractivity contribution in [1.82, 2.24) is 0 Å². The summed E-state index contributed by atoms with van der Waals surface area (Å²) in [6, 6.07) is 5.52. The molecule has 0 aliphatic carbocycles. The molecule has 1 aromatic rings. The summed E-state index contributed by atoms with van der Waals surface area (Å²) in [4.78, 5) is 10.8. The summed E-state index contributed by atoms with van der Waals surface area (Å²) in [5.41, 5.74) is 1.81. The Morgan fingerprint density at radius 3 is 2.47 bits per heavy atom. The van der Waals surface area contributed by atoms with Crippen LogP contribution in [0.2, 0.25) is 0 Å². The van der Waals surface area contributed by atoms with Gasteiger partial charge in [-0.3, -0.25) is 0 Å². The molecule has 5 heteroatoms. The monoisotopic (exact) mass is 276 g/mol. The van der Waals surface area contributed by atoms with Gasteiger partial charge in [0.15, 0.2) is 0 Å². The highest BCUT2D eigenvalue weighted by Gasteiger charge is 2.37. The molecule has 0 aliphatic heterocycles. The lowest BCUT2D eigenvalue weighted by molar-refractivity contribution is -0.143. The first-order valence-corrected chi connectivity index (χ1v) is 5.90. The van der Waals surface area contributed by atoms with Crippen molar-refractivity contribution in [3.63, 3.8) is 0 Å². The third kappa shape index (κ3) is 3.51. The SMILES string of the molecule is Cc1ccc(C(C)C)c(OC(Cl)(Cl)C(=O)O)c1. The molecular formula is C12H14Cl2O3. The van der Waals surface area contributed by atoms with Crippen LogP contribution >= 0.6 is 23.2 Å². The first kappa shape index (κ1) is 14.1. The zero-order chi connectivity index (χ0) is 13.2. The molecule has 1 rings (SSSR count). The molecule has 0 aliphatic rings. The normalized spacial score (nSPS) is 11.6. The molecule has 1 N–H and O–H groups in total. The van der Waals surface area contributed by atoms with Crippen LogP contribution in [-0.2, 0) is 4.79 Å². The van der Waals surface area contributed by atoms with Gasteiger partial charge in [0, 0.05) is 0 Å². The molecule has 0 radical (unpaired) electrons. The molecule has 94 valence electrons. The van der Waals surface area contributed by atoms with Crippen molar-refractivity contribution >= 4 is 29.2 Å². The lowest BCUT2D eigenvalue weighted by Gasteiger charge is -2.20. The molecule has 0 saturated carbocycles. The molecule has 0 spiro atoms. The quantitative estimate of drug-likeness (QED) is 0.853. The Morgan fingerprint density at radius 2 is 2.00 bits per heavy atom. The van der Waals surface area contributed by atoms with E-state index in [0.717, 1.165) is 11.1 Å². The van der Waals surface area contributed by atoms with E-state index in [-0.39, 0.29) is 5.92 Å². The number of hydrogen-bond donors (Lipinski definition) is 1. The minimum absolute atomic E-state index is 0.184. The largest absolute Gasteiger partial charge is 0.476 e. The van der Waals surface area contributed by atoms with E-state index in [0.29, 0.717) is 5.75 Å². The Hall–Kier alpha value is -0.930. The van der Waals surface area contributed by atoms with Crippen molar-refractivity contribution in [1.29, 1.82) is 0 Å². The number of alkyl halides is 2. The molecule has 0 amide bonds. The minimum atomic E-state index is -2.27. The van der Waals surface area contributed by atoms with Crippen LogP contribution in [0, 0.1) is 6.92 Å². The standard InChI is InChI=1S/C12H14Cl2O3/c1-7(2)9-5-4-8(3)6-10(9)17-12(13,14)11(15)16/h4-7H,1-3H3,(H,15,16). The van der Waals surface area contributed by atoms with Crippen molar-refractivity contribution in [2.24, 2.45) is 0 Å². The van der Waals surface area contributed by atoms with Crippen molar-refractivity contribution in [3.8, 4) is 5.75 Å². The Morgan fingerprint density at radius 1 is 1.41 bits per heavy atom. The molecule has 3 nitrogen and oxygen atoms in total. The number of ether oxygens (including phenoxy) is 1. The Balaban J connectivity index is 3.12. The third-order valence-electron chi connectivity index (χ3n) is 2.28. The fourth-order valence-electron chi connectivity index (χ4n) is 1.39. The maximum Gasteiger partial charge on any atom is 0.381 e. The first-order valence-electron chi connectivity index (χ1n) is 5.15. The van der Waals surface area contributed by atoms with Gasteiger partial charge >= 0.3 is 10.5 Å². The molecule has 1 aromatic carbocycles. The van der Waals surface area contributed by atoms with Crippen molar-refractivity contribution < 1.29 is 14.6 Å². The highest BCUT2D eigenvalue weighted by atomic mass is 35.5. The third-order valence-corrected chi connectivity index (χ3v) is 2.76. The summed E-state index contributed by atoms with van der Waals surface area (Å²) >= 11 is 11.2. The van der Waals surface area contributed by atoms with Crippen LogP contribution in [0.4, 0.5) is 0 Å². The molecular weight excluding hydrogens is 263 g/mol. The van der Waals surface area contributed by atoms with Gasteiger partial charge in [-0.25, -0.2) is 4.79 Å². The maximum absolute atomic E-state index is 10.8. The lowest BCUT2D eigenvalue weighted by atomic mass is 10.0. The predicted molar refractivity (Wildman–Crippen MR) is 68.0 cm³/mol. The lowest BCUT2D eigenvalue weighted by Crippen LogP contribution is -2.32. The van der Waals surface area contributed by atoms with E-state index in [9.17, 15) is 4.79 Å². The van der Waals surface area contributed by atoms with Crippen molar-refractivity contribution in [2.75, 3.05) is 0 Å². The van der Waals surface area contributed by atoms with E-state index >= 15 is 0 Å². The number of carbonyl (C=O) groups is 1. The Labute approximate surface area is 110 Å². The number of carboxylic acids is 1. The van der Waals surface area contributed by atoms with E-state index in [2.05, 4.69) is 0 Å². The topological polar surface area (TPSA) is 46.5 Å². The molecule has 0 bridgehead atoms. The van der Waals surface area contributed by atoms with Gasteiger partial charge in [-0.05, 0) is 53.2 Å². The molecule has 0 aromatic heterocycles. The van der Waals surface area contributed by atoms with E-state index in [1.54, 1.807) is 6.07 Å². The van der Waals surface area contributed by atoms with Crippen LogP contribution in [-0.4, -0.2) is 15.6 Å². The van der Waals surface area contributed by atoms with Gasteiger partial charge in [-0.2, -0.15) is 0 Å². The number of rotatable bonds is 4. The molecule has 0 saturated heterocycles. The minimum Gasteiger partial charge on any atom is -0.476 e. The fraction of sp³-hybridized carbons (Fsp3) is 0.417. The van der Waals surface area contributed by atoms with Gasteiger partial charge < -0.3 is 9.84 Å². The second kappa shape index (κ2) is 5.15. The predicted octanol–water partition coefficient (Wildman–Crippen LogP) is 3.71. The highest BCUT2D eigenvalue weighted by Crippen LogP contribution is 2.33. The Kier molecular flexibility index (Phi) is 4.28. The summed E-state index contributed by atoms with van der Waals surface area (Å²) < 4.78 is 2.90. The van der Waals surface area contributed by atoms with Gasteiger partial charge in [0.1, 0.15) is 5.75 Å². The highest BCUT2D eigenvalue weighted by molar-refractivity contribution is 6.56. The second-order valence-electron chi connectivity index (χ2n) is 4.12. The van der Waals surface area contributed by atoms with Crippen molar-refractivity contribution in [2.45, 2.75) is 31.2 Å². The average molecular weight is 277 g/mol. The number of aliphatic carboxylic acids is 1. The van der Waals surface area contributed by atoms with Crippen LogP contribution in [0.15, 0.2) is 18.2 Å². The summed E-state index contributed by atoms with van der Waals surface area (Å²) in [6.07, 6.45) is 0. The number of carboxylic acid groups (broad SMARTS) is 1. The first-order chi connectivity index (χ1) is 7.74. The molecule has 17 heavy (non-hydrogen) atoms. The average Bonchev–Trinajstić information content (AvgIpc) is 2.15. The smallest absolute Gasteiger partial charge is 0.381 e. The zero-order valence-corrected chi connectivity index (χ0v) is 11.3. The maximum atomic E-state index is 10.8. The van der Waals surface area contributed by atoms with Crippen LogP contribution in [0.25, 0.3) is 0 Å². The van der Waals surface area contributed by atoms with Crippen LogP contribution < -0.4 is 4.74 Å². The molecule has 0 fully saturated rings. The number of hydrogen-bond acceptors (Lipinski definition) is 2. The summed E-state index contributed by atoms with van der Waals surface area (Å²) in [5.74, 6) is -0.854. The van der Waals surface area contributed by atoms with E-state index in [1.807, 2.05) is 32.9 Å². The molecule has 0 atom stereocenters. The van der Waals surface area contributed by atoms with Crippen LogP contribution in [0.1, 0.15) is 30.9 Å². The van der Waals surface area contributed by atoms with Gasteiger partial charge in [-0.15, -0.1) is 0 Å². The van der Waals surface area contributed by atoms with Crippen LogP contribution in [0.3, 0.4) is 0 Å². The summed E-state index contributed by atoms with van der Waals surface area (Å²) in [7, 11) is 0. The van der Waals surface area contributed by atoms with Crippen LogP contribution in [0.5, 0.6) is 5.75 Å². The molecule has 0 heterocycles. The summed E-state index contributed by atoms with van der Waals surface area (Å²) in [5, 5.41) is 8.81. The van der Waals surface area contributed by atoms with Gasteiger partial charge in [0.2, 0.25) is 0 Å². The molecule has 0 unspecified atom stereocenters. The zero-order valence-electron chi connectivity index (χ0n) is 9.83. The fourth-order valence-corrected chi connectivity index (χ4v) is 1.55. The van der Waals surface area contributed by atoms with E-state index < -0.39 is 10.5 Å². The Bertz CT molecular complexity index is 428. The second-order valence-corrected chi connectivity index (χ2v) is 5.38. The number of benzene rings is 1. The van der Waals surface area contributed by atoms with Gasteiger partial charge in [0.25, 0.3) is 0 Å². The number of halogens is 2. The number of aryl methyl sites for hydroxylation is 1. The van der Waals surface area contributed by atoms with Gasteiger partial charge in [0.05, 0.1) is 0 Å². The van der Waals surface area contributed by atoms with Gasteiger partial charge in [-0.1, -0.05) is 26.0 Å². The van der Waals surface area contributed by atoms with E-state index in [4.69, 9.17) is 33.0 Å². The van der Waals surface area contributed by atoms with Crippen molar-refractivity contribution in [3.05, 3.63) is 29.3 Å².